The van der Waals surface area contributed by atoms with Crippen LogP contribution >= 0.6 is 11.3 Å². The first-order valence-electron chi connectivity index (χ1n) is 6.74. The van der Waals surface area contributed by atoms with Crippen molar-refractivity contribution in [3.8, 4) is 0 Å². The number of nitrogens with one attached hydrogen (secondary N) is 2. The first-order valence-corrected chi connectivity index (χ1v) is 7.62. The van der Waals surface area contributed by atoms with Crippen molar-refractivity contribution in [2.45, 2.75) is 6.92 Å². The van der Waals surface area contributed by atoms with Crippen LogP contribution in [0, 0.1) is 0 Å². The van der Waals surface area contributed by atoms with Crippen LogP contribution in [0.4, 0.5) is 11.4 Å². The molecule has 0 aliphatic rings. The van der Waals surface area contributed by atoms with Crippen molar-refractivity contribution in [3.63, 3.8) is 0 Å². The molecule has 0 saturated heterocycles. The van der Waals surface area contributed by atoms with Crippen molar-refractivity contribution in [1.29, 1.82) is 0 Å². The van der Waals surface area contributed by atoms with E-state index < -0.39 is 0 Å². The number of anilines is 2. The zero-order valence-electron chi connectivity index (χ0n) is 11.6. The Labute approximate surface area is 126 Å². The smallest absolute Gasteiger partial charge is 0.259 e. The van der Waals surface area contributed by atoms with Crippen LogP contribution in [-0.2, 0) is 0 Å². The highest BCUT2D eigenvalue weighted by atomic mass is 32.1. The lowest BCUT2D eigenvalue weighted by molar-refractivity contribution is 0.102. The predicted molar refractivity (Wildman–Crippen MR) is 88.2 cm³/mol. The van der Waals surface area contributed by atoms with E-state index in [0.717, 1.165) is 23.3 Å². The molecule has 4 nitrogen and oxygen atoms in total. The maximum atomic E-state index is 12.4. The molecule has 0 aliphatic carbocycles. The van der Waals surface area contributed by atoms with Crippen LogP contribution in [-0.4, -0.2) is 17.4 Å². The lowest BCUT2D eigenvalue weighted by Crippen LogP contribution is -2.15. The van der Waals surface area contributed by atoms with Gasteiger partial charge < -0.3 is 10.6 Å². The fraction of sp³-hybridized carbons (Fsp3) is 0.125. The third-order valence-corrected chi connectivity index (χ3v) is 4.04. The van der Waals surface area contributed by atoms with Gasteiger partial charge >= 0.3 is 0 Å². The minimum Gasteiger partial charge on any atom is -0.385 e. The molecule has 0 unspecified atom stereocenters. The maximum absolute atomic E-state index is 12.4. The molecule has 0 atom stereocenters. The van der Waals surface area contributed by atoms with Crippen LogP contribution in [0.3, 0.4) is 0 Å². The molecule has 3 aromatic rings. The third kappa shape index (κ3) is 2.87. The van der Waals surface area contributed by atoms with Gasteiger partial charge in [0.05, 0.1) is 11.3 Å². The van der Waals surface area contributed by atoms with Crippen molar-refractivity contribution in [1.82, 2.24) is 4.98 Å². The number of hydrogen-bond acceptors (Lipinski definition) is 4. The standard InChI is InChI=1S/C16H15N3OS/c1-2-18-14-5-7-17-10-13(14)16(20)19-12-3-4-15-11(9-12)6-8-21-15/h3-10H,2H2,1H3,(H,17,18)(H,19,20). The molecule has 5 heteroatoms. The average molecular weight is 297 g/mol. The van der Waals surface area contributed by atoms with Crippen molar-refractivity contribution < 1.29 is 4.79 Å². The first kappa shape index (κ1) is 13.6. The number of benzene rings is 1. The Bertz CT molecular complexity index is 782. The average Bonchev–Trinajstić information content (AvgIpc) is 2.95. The van der Waals surface area contributed by atoms with E-state index >= 15 is 0 Å². The van der Waals surface area contributed by atoms with Crippen molar-refractivity contribution in [2.24, 2.45) is 0 Å². The van der Waals surface area contributed by atoms with E-state index in [1.54, 1.807) is 29.8 Å². The zero-order chi connectivity index (χ0) is 14.7. The summed E-state index contributed by atoms with van der Waals surface area (Å²) in [4.78, 5) is 16.4. The van der Waals surface area contributed by atoms with E-state index in [-0.39, 0.29) is 5.91 Å². The Hall–Kier alpha value is -2.40. The highest BCUT2D eigenvalue weighted by molar-refractivity contribution is 7.17. The van der Waals surface area contributed by atoms with E-state index in [1.165, 1.54) is 4.70 Å². The molecule has 0 aliphatic heterocycles. The number of fused-ring (bicyclic) bond motifs is 1. The van der Waals surface area contributed by atoms with Crippen LogP contribution in [0.5, 0.6) is 0 Å². The Balaban J connectivity index is 1.85. The minimum atomic E-state index is -0.159. The number of aromatic nitrogens is 1. The molecule has 106 valence electrons. The Morgan fingerprint density at radius 3 is 3.05 bits per heavy atom. The summed E-state index contributed by atoms with van der Waals surface area (Å²) in [6, 6.07) is 9.77. The fourth-order valence-electron chi connectivity index (χ4n) is 2.16. The predicted octanol–water partition coefficient (Wildman–Crippen LogP) is 3.98. The van der Waals surface area contributed by atoms with Gasteiger partial charge in [0.15, 0.2) is 0 Å². The fourth-order valence-corrected chi connectivity index (χ4v) is 2.93. The van der Waals surface area contributed by atoms with Gasteiger partial charge in [-0.2, -0.15) is 0 Å². The molecule has 0 spiro atoms. The molecular formula is C16H15N3OS. The van der Waals surface area contributed by atoms with E-state index in [1.807, 2.05) is 36.6 Å². The Kier molecular flexibility index (Phi) is 3.83. The molecule has 2 heterocycles. The highest BCUT2D eigenvalue weighted by Crippen LogP contribution is 2.24. The van der Waals surface area contributed by atoms with Gasteiger partial charge in [-0.15, -0.1) is 11.3 Å². The third-order valence-electron chi connectivity index (χ3n) is 3.14. The minimum absolute atomic E-state index is 0.159. The summed E-state index contributed by atoms with van der Waals surface area (Å²) < 4.78 is 1.21. The molecule has 21 heavy (non-hydrogen) atoms. The molecule has 3 rings (SSSR count). The van der Waals surface area contributed by atoms with Crippen molar-refractivity contribution in [2.75, 3.05) is 17.2 Å². The van der Waals surface area contributed by atoms with Gasteiger partial charge in [-0.3, -0.25) is 9.78 Å². The van der Waals surface area contributed by atoms with E-state index in [4.69, 9.17) is 0 Å². The van der Waals surface area contributed by atoms with Crippen molar-refractivity contribution in [3.05, 3.63) is 53.7 Å². The number of thiophene rings is 1. The van der Waals surface area contributed by atoms with Crippen LogP contribution in [0.15, 0.2) is 48.1 Å². The lowest BCUT2D eigenvalue weighted by Gasteiger charge is -2.10. The Morgan fingerprint density at radius 1 is 1.29 bits per heavy atom. The van der Waals surface area contributed by atoms with Crippen LogP contribution in [0.1, 0.15) is 17.3 Å². The summed E-state index contributed by atoms with van der Waals surface area (Å²) in [5.41, 5.74) is 2.13. The largest absolute Gasteiger partial charge is 0.385 e. The summed E-state index contributed by atoms with van der Waals surface area (Å²) in [7, 11) is 0. The molecule has 0 saturated carbocycles. The van der Waals surface area contributed by atoms with E-state index in [2.05, 4.69) is 15.6 Å². The second-order valence-electron chi connectivity index (χ2n) is 4.58. The summed E-state index contributed by atoms with van der Waals surface area (Å²) in [5, 5.41) is 9.27. The quantitative estimate of drug-likeness (QED) is 0.766. The van der Waals surface area contributed by atoms with Gasteiger partial charge in [0, 0.05) is 29.3 Å². The van der Waals surface area contributed by atoms with Crippen LogP contribution in [0.2, 0.25) is 0 Å². The number of nitrogens with zero attached hydrogens (tertiary/aromatic N) is 1. The molecular weight excluding hydrogens is 282 g/mol. The van der Waals surface area contributed by atoms with Gasteiger partial charge in [0.2, 0.25) is 0 Å². The summed E-state index contributed by atoms with van der Waals surface area (Å²) in [6.07, 6.45) is 3.25. The number of amides is 1. The number of pyridine rings is 1. The van der Waals surface area contributed by atoms with Gasteiger partial charge in [0.1, 0.15) is 0 Å². The summed E-state index contributed by atoms with van der Waals surface area (Å²) in [5.74, 6) is -0.159. The molecule has 1 aromatic carbocycles. The van der Waals surface area contributed by atoms with E-state index in [0.29, 0.717) is 5.56 Å². The zero-order valence-corrected chi connectivity index (χ0v) is 12.4. The number of rotatable bonds is 4. The second-order valence-corrected chi connectivity index (χ2v) is 5.53. The first-order chi connectivity index (χ1) is 10.3. The highest BCUT2D eigenvalue weighted by Gasteiger charge is 2.11. The topological polar surface area (TPSA) is 54.0 Å². The summed E-state index contributed by atoms with van der Waals surface area (Å²) in [6.45, 7) is 2.75. The molecule has 1 amide bonds. The number of carbonyl (C=O) groups is 1. The van der Waals surface area contributed by atoms with Crippen LogP contribution in [0.25, 0.3) is 10.1 Å². The second kappa shape index (κ2) is 5.93. The monoisotopic (exact) mass is 297 g/mol. The lowest BCUT2D eigenvalue weighted by atomic mass is 10.2. The Morgan fingerprint density at radius 2 is 2.19 bits per heavy atom. The SMILES string of the molecule is CCNc1ccncc1C(=O)Nc1ccc2sccc2c1. The van der Waals surface area contributed by atoms with Crippen LogP contribution < -0.4 is 10.6 Å². The normalized spacial score (nSPS) is 10.5. The number of carbonyl (C=O) groups excluding carboxylic acids is 1. The van der Waals surface area contributed by atoms with E-state index in [9.17, 15) is 4.79 Å². The molecule has 0 radical (unpaired) electrons. The van der Waals surface area contributed by atoms with Gasteiger partial charge in [-0.1, -0.05) is 0 Å². The molecule has 2 N–H and O–H groups in total. The summed E-state index contributed by atoms with van der Waals surface area (Å²) >= 11 is 1.69. The van der Waals surface area contributed by atoms with Gasteiger partial charge in [-0.25, -0.2) is 0 Å². The molecule has 0 fully saturated rings. The van der Waals surface area contributed by atoms with Gasteiger partial charge in [0.25, 0.3) is 5.91 Å². The van der Waals surface area contributed by atoms with Crippen molar-refractivity contribution >= 4 is 38.7 Å². The maximum Gasteiger partial charge on any atom is 0.259 e. The molecule has 2 aromatic heterocycles. The number of hydrogen-bond donors (Lipinski definition) is 2. The van der Waals surface area contributed by atoms with Gasteiger partial charge in [-0.05, 0) is 48.0 Å². The molecule has 0 bridgehead atoms.